The molecule has 2 amide bonds. The summed E-state index contributed by atoms with van der Waals surface area (Å²) in [5.74, 6) is 0.274. The van der Waals surface area contributed by atoms with Crippen LogP contribution in [0.15, 0.2) is 0 Å². The van der Waals surface area contributed by atoms with Crippen LogP contribution >= 0.6 is 0 Å². The molecule has 120 valence electrons. The molecule has 5 heteroatoms. The van der Waals surface area contributed by atoms with Gasteiger partial charge in [0, 0.05) is 38.0 Å². The number of rotatable bonds is 6. The molecule has 1 N–H and O–H groups in total. The van der Waals surface area contributed by atoms with E-state index in [-0.39, 0.29) is 17.4 Å². The number of hydrogen-bond acceptors (Lipinski definition) is 3. The summed E-state index contributed by atoms with van der Waals surface area (Å²) in [6.45, 7) is 2.11. The molecule has 0 bridgehead atoms. The van der Waals surface area contributed by atoms with Gasteiger partial charge in [0.2, 0.25) is 11.8 Å². The van der Waals surface area contributed by atoms with Gasteiger partial charge in [0.1, 0.15) is 0 Å². The number of nitrogens with zero attached hydrogens (tertiary/aromatic N) is 2. The Hall–Kier alpha value is -1.10. The van der Waals surface area contributed by atoms with E-state index in [9.17, 15) is 9.59 Å². The van der Waals surface area contributed by atoms with Crippen molar-refractivity contribution in [2.24, 2.45) is 0 Å². The van der Waals surface area contributed by atoms with Gasteiger partial charge >= 0.3 is 0 Å². The van der Waals surface area contributed by atoms with Crippen LogP contribution in [0.3, 0.4) is 0 Å². The lowest BCUT2D eigenvalue weighted by Gasteiger charge is -2.36. The molecular weight excluding hydrogens is 266 g/mol. The quantitative estimate of drug-likeness (QED) is 0.805. The van der Waals surface area contributed by atoms with Gasteiger partial charge in [-0.3, -0.25) is 9.59 Å². The predicted octanol–water partition coefficient (Wildman–Crippen LogP) is 1.38. The molecule has 0 unspecified atom stereocenters. The first kappa shape index (κ1) is 16.3. The third-order valence-electron chi connectivity index (χ3n) is 5.13. The third kappa shape index (κ3) is 4.19. The molecule has 0 aromatic heterocycles. The normalized spacial score (nSPS) is 21.9. The highest BCUT2D eigenvalue weighted by atomic mass is 16.2. The highest BCUT2D eigenvalue weighted by Crippen LogP contribution is 2.33. The van der Waals surface area contributed by atoms with E-state index in [2.05, 4.69) is 24.3 Å². The minimum Gasteiger partial charge on any atom is -0.354 e. The van der Waals surface area contributed by atoms with Gasteiger partial charge in [0.25, 0.3) is 0 Å². The van der Waals surface area contributed by atoms with Crippen molar-refractivity contribution in [1.29, 1.82) is 0 Å². The summed E-state index contributed by atoms with van der Waals surface area (Å²) in [6.07, 6.45) is 7.94. The van der Waals surface area contributed by atoms with Crippen molar-refractivity contribution >= 4 is 11.8 Å². The molecule has 2 rings (SSSR count). The Labute approximate surface area is 128 Å². The van der Waals surface area contributed by atoms with Crippen LogP contribution in [-0.2, 0) is 9.59 Å². The molecule has 0 radical (unpaired) electrons. The summed E-state index contributed by atoms with van der Waals surface area (Å²) in [7, 11) is 4.20. The van der Waals surface area contributed by atoms with Crippen LogP contribution in [0.25, 0.3) is 0 Å². The van der Waals surface area contributed by atoms with Crippen LogP contribution in [-0.4, -0.2) is 60.9 Å². The standard InChI is InChI=1S/C16H29N3O2/c1-18(2)16(9-4-5-10-16)13-17-14(20)8-12-19-11-6-3-7-15(19)21/h3-13H2,1-2H3,(H,17,20). The fraction of sp³-hybridized carbons (Fsp3) is 0.875. The Balaban J connectivity index is 1.73. The second kappa shape index (κ2) is 7.25. The molecule has 1 aliphatic carbocycles. The Kier molecular flexibility index (Phi) is 5.62. The Bertz CT molecular complexity index is 376. The molecule has 2 fully saturated rings. The smallest absolute Gasteiger partial charge is 0.222 e. The Morgan fingerprint density at radius 3 is 2.57 bits per heavy atom. The van der Waals surface area contributed by atoms with Crippen molar-refractivity contribution in [3.05, 3.63) is 0 Å². The number of piperidine rings is 1. The van der Waals surface area contributed by atoms with Gasteiger partial charge in [-0.15, -0.1) is 0 Å². The molecule has 5 nitrogen and oxygen atoms in total. The van der Waals surface area contributed by atoms with E-state index in [1.165, 1.54) is 12.8 Å². The SMILES string of the molecule is CN(C)C1(CNC(=O)CCN2CCCCC2=O)CCCC1. The zero-order chi connectivity index (χ0) is 15.3. The van der Waals surface area contributed by atoms with Crippen LogP contribution in [0.5, 0.6) is 0 Å². The largest absolute Gasteiger partial charge is 0.354 e. The van der Waals surface area contributed by atoms with Gasteiger partial charge in [0.15, 0.2) is 0 Å². The minimum atomic E-state index is 0.0708. The van der Waals surface area contributed by atoms with Crippen molar-refractivity contribution in [2.75, 3.05) is 33.7 Å². The summed E-state index contributed by atoms with van der Waals surface area (Å²) < 4.78 is 0. The van der Waals surface area contributed by atoms with Gasteiger partial charge in [-0.05, 0) is 39.8 Å². The summed E-state index contributed by atoms with van der Waals surface area (Å²) in [5.41, 5.74) is 0.136. The summed E-state index contributed by atoms with van der Waals surface area (Å²) in [4.78, 5) is 27.8. The molecule has 1 heterocycles. The number of carbonyl (C=O) groups is 2. The average molecular weight is 295 g/mol. The van der Waals surface area contributed by atoms with Crippen molar-refractivity contribution in [3.63, 3.8) is 0 Å². The van der Waals surface area contributed by atoms with Crippen molar-refractivity contribution in [2.45, 2.75) is 56.9 Å². The monoisotopic (exact) mass is 295 g/mol. The molecule has 0 atom stereocenters. The van der Waals surface area contributed by atoms with Crippen molar-refractivity contribution in [1.82, 2.24) is 15.1 Å². The fourth-order valence-electron chi connectivity index (χ4n) is 3.50. The van der Waals surface area contributed by atoms with Gasteiger partial charge in [0.05, 0.1) is 0 Å². The maximum absolute atomic E-state index is 12.0. The average Bonchev–Trinajstić information content (AvgIpc) is 2.94. The van der Waals surface area contributed by atoms with E-state index in [0.29, 0.717) is 19.4 Å². The Morgan fingerprint density at radius 2 is 1.95 bits per heavy atom. The highest BCUT2D eigenvalue weighted by Gasteiger charge is 2.36. The van der Waals surface area contributed by atoms with Gasteiger partial charge in [-0.2, -0.15) is 0 Å². The van der Waals surface area contributed by atoms with Crippen LogP contribution in [0.1, 0.15) is 51.4 Å². The molecule has 0 aromatic carbocycles. The first-order chi connectivity index (χ1) is 10.0. The van der Waals surface area contributed by atoms with Crippen molar-refractivity contribution < 1.29 is 9.59 Å². The van der Waals surface area contributed by atoms with E-state index in [4.69, 9.17) is 0 Å². The lowest BCUT2D eigenvalue weighted by Crippen LogP contribution is -2.51. The second-order valence-electron chi connectivity index (χ2n) is 6.69. The minimum absolute atomic E-state index is 0.0708. The molecule has 1 saturated carbocycles. The number of likely N-dealkylation sites (N-methyl/N-ethyl adjacent to an activating group) is 1. The van der Waals surface area contributed by atoms with Crippen molar-refractivity contribution in [3.8, 4) is 0 Å². The Morgan fingerprint density at radius 1 is 1.24 bits per heavy atom. The molecule has 0 aromatic rings. The lowest BCUT2D eigenvalue weighted by atomic mass is 9.96. The van der Waals surface area contributed by atoms with E-state index in [0.717, 1.165) is 38.8 Å². The zero-order valence-electron chi connectivity index (χ0n) is 13.5. The van der Waals surface area contributed by atoms with E-state index >= 15 is 0 Å². The highest BCUT2D eigenvalue weighted by molar-refractivity contribution is 5.79. The number of hydrogen-bond donors (Lipinski definition) is 1. The van der Waals surface area contributed by atoms with Gasteiger partial charge < -0.3 is 15.1 Å². The molecule has 0 spiro atoms. The third-order valence-corrected chi connectivity index (χ3v) is 5.13. The maximum atomic E-state index is 12.0. The zero-order valence-corrected chi connectivity index (χ0v) is 13.5. The van der Waals surface area contributed by atoms with Crippen LogP contribution in [0.2, 0.25) is 0 Å². The van der Waals surface area contributed by atoms with E-state index in [1.54, 1.807) is 0 Å². The summed E-state index contributed by atoms with van der Waals surface area (Å²) in [5, 5.41) is 3.08. The van der Waals surface area contributed by atoms with Crippen LogP contribution in [0, 0.1) is 0 Å². The molecule has 1 aliphatic heterocycles. The first-order valence-corrected chi connectivity index (χ1v) is 8.25. The van der Waals surface area contributed by atoms with Gasteiger partial charge in [-0.25, -0.2) is 0 Å². The van der Waals surface area contributed by atoms with E-state index < -0.39 is 0 Å². The fourth-order valence-corrected chi connectivity index (χ4v) is 3.50. The van der Waals surface area contributed by atoms with Crippen LogP contribution < -0.4 is 5.32 Å². The number of carbonyl (C=O) groups excluding carboxylic acids is 2. The number of nitrogens with one attached hydrogen (secondary N) is 1. The first-order valence-electron chi connectivity index (χ1n) is 8.25. The predicted molar refractivity (Wildman–Crippen MR) is 82.9 cm³/mol. The molecule has 2 aliphatic rings. The lowest BCUT2D eigenvalue weighted by molar-refractivity contribution is -0.133. The van der Waals surface area contributed by atoms with E-state index in [1.807, 2.05) is 4.90 Å². The second-order valence-corrected chi connectivity index (χ2v) is 6.69. The molecular formula is C16H29N3O2. The topological polar surface area (TPSA) is 52.7 Å². The van der Waals surface area contributed by atoms with Gasteiger partial charge in [-0.1, -0.05) is 12.8 Å². The molecule has 1 saturated heterocycles. The number of amides is 2. The number of likely N-dealkylation sites (tertiary alicyclic amines) is 1. The summed E-state index contributed by atoms with van der Waals surface area (Å²) >= 11 is 0. The maximum Gasteiger partial charge on any atom is 0.222 e. The summed E-state index contributed by atoms with van der Waals surface area (Å²) in [6, 6.07) is 0. The van der Waals surface area contributed by atoms with Crippen LogP contribution in [0.4, 0.5) is 0 Å². The molecule has 21 heavy (non-hydrogen) atoms.